The third kappa shape index (κ3) is 5.21. The van der Waals surface area contributed by atoms with Crippen molar-refractivity contribution in [3.05, 3.63) is 0 Å². The van der Waals surface area contributed by atoms with E-state index in [1.165, 1.54) is 25.7 Å². The number of nitrogens with one attached hydrogen (secondary N) is 1. The molecule has 0 radical (unpaired) electrons. The number of hydrogen-bond acceptors (Lipinski definition) is 2. The Labute approximate surface area is 111 Å². The predicted octanol–water partition coefficient (Wildman–Crippen LogP) is 2.55. The molecular weight excluding hydrogens is 232 g/mol. The van der Waals surface area contributed by atoms with E-state index in [1.54, 1.807) is 0 Å². The largest absolute Gasteiger partial charge is 0.382 e. The summed E-state index contributed by atoms with van der Waals surface area (Å²) in [7, 11) is 0. The average Bonchev–Trinajstić information content (AvgIpc) is 2.83. The van der Waals surface area contributed by atoms with Gasteiger partial charge in [-0.15, -0.1) is 0 Å². The Morgan fingerprint density at radius 3 is 2.65 bits per heavy atom. The highest BCUT2D eigenvalue weighted by Crippen LogP contribution is 2.23. The van der Waals surface area contributed by atoms with E-state index < -0.39 is 0 Å². The van der Waals surface area contributed by atoms with Gasteiger partial charge in [0, 0.05) is 32.3 Å². The summed E-state index contributed by atoms with van der Waals surface area (Å²) in [6, 6.07) is 0.673. The lowest BCUT2D eigenvalue weighted by atomic mass is 10.2. The number of rotatable bonds is 7. The van der Waals surface area contributed by atoms with Gasteiger partial charge in [0.1, 0.15) is 0 Å². The van der Waals surface area contributed by atoms with Crippen LogP contribution in [0.5, 0.6) is 0 Å². The fraction of sp³-hybridized carbons (Fsp3) is 0.923. The van der Waals surface area contributed by atoms with Gasteiger partial charge in [-0.1, -0.05) is 12.8 Å². The summed E-state index contributed by atoms with van der Waals surface area (Å²) in [5, 5.41) is 4.27. The molecule has 0 spiro atoms. The van der Waals surface area contributed by atoms with E-state index in [0.29, 0.717) is 6.04 Å². The molecule has 0 aromatic carbocycles. The molecule has 1 saturated carbocycles. The minimum atomic E-state index is 0.673. The molecule has 0 atom stereocenters. The van der Waals surface area contributed by atoms with Crippen molar-refractivity contribution < 1.29 is 4.74 Å². The van der Waals surface area contributed by atoms with Crippen molar-refractivity contribution in [2.75, 3.05) is 26.3 Å². The molecule has 100 valence electrons. The third-order valence-corrected chi connectivity index (χ3v) is 3.69. The number of thiocarbonyl (C=S) groups is 1. The van der Waals surface area contributed by atoms with E-state index in [4.69, 9.17) is 17.0 Å². The molecule has 0 unspecified atom stereocenters. The van der Waals surface area contributed by atoms with Crippen LogP contribution in [0.25, 0.3) is 0 Å². The van der Waals surface area contributed by atoms with Crippen LogP contribution in [0.4, 0.5) is 0 Å². The van der Waals surface area contributed by atoms with E-state index in [-0.39, 0.29) is 0 Å². The highest BCUT2D eigenvalue weighted by Gasteiger charge is 2.22. The van der Waals surface area contributed by atoms with Crippen molar-refractivity contribution in [1.29, 1.82) is 0 Å². The first-order chi connectivity index (χ1) is 8.29. The molecular formula is C13H26N2OS. The lowest BCUT2D eigenvalue weighted by molar-refractivity contribution is 0.145. The van der Waals surface area contributed by atoms with Gasteiger partial charge in [-0.05, 0) is 45.3 Å². The molecule has 0 aliphatic heterocycles. The van der Waals surface area contributed by atoms with Gasteiger partial charge in [0.2, 0.25) is 0 Å². The van der Waals surface area contributed by atoms with Crippen molar-refractivity contribution in [3.63, 3.8) is 0 Å². The Kier molecular flexibility index (Phi) is 7.53. The van der Waals surface area contributed by atoms with Gasteiger partial charge in [0.15, 0.2) is 5.11 Å². The Bertz CT molecular complexity index is 217. The molecule has 17 heavy (non-hydrogen) atoms. The van der Waals surface area contributed by atoms with Crippen LogP contribution >= 0.6 is 12.2 Å². The van der Waals surface area contributed by atoms with Crippen LogP contribution in [0.1, 0.15) is 46.0 Å². The van der Waals surface area contributed by atoms with Crippen molar-refractivity contribution >= 4 is 17.3 Å². The van der Waals surface area contributed by atoms with Crippen LogP contribution in [0.3, 0.4) is 0 Å². The van der Waals surface area contributed by atoms with Crippen LogP contribution in [0.15, 0.2) is 0 Å². The van der Waals surface area contributed by atoms with E-state index in [1.807, 2.05) is 6.92 Å². The van der Waals surface area contributed by atoms with Gasteiger partial charge < -0.3 is 15.0 Å². The molecule has 3 nitrogen and oxygen atoms in total. The van der Waals surface area contributed by atoms with E-state index in [2.05, 4.69) is 17.1 Å². The zero-order chi connectivity index (χ0) is 12.5. The minimum Gasteiger partial charge on any atom is -0.382 e. The smallest absolute Gasteiger partial charge is 0.169 e. The summed E-state index contributed by atoms with van der Waals surface area (Å²) in [6.07, 6.45) is 6.33. The van der Waals surface area contributed by atoms with Crippen LogP contribution in [0, 0.1) is 0 Å². The Balaban J connectivity index is 2.19. The second-order valence-electron chi connectivity index (χ2n) is 4.51. The second-order valence-corrected chi connectivity index (χ2v) is 4.89. The van der Waals surface area contributed by atoms with E-state index >= 15 is 0 Å². The van der Waals surface area contributed by atoms with E-state index in [9.17, 15) is 0 Å². The van der Waals surface area contributed by atoms with Crippen LogP contribution < -0.4 is 5.32 Å². The first kappa shape index (κ1) is 14.7. The second kappa shape index (κ2) is 8.70. The van der Waals surface area contributed by atoms with Crippen LogP contribution in [-0.4, -0.2) is 42.4 Å². The van der Waals surface area contributed by atoms with Crippen molar-refractivity contribution in [1.82, 2.24) is 10.2 Å². The topological polar surface area (TPSA) is 24.5 Å². The first-order valence-corrected chi connectivity index (χ1v) is 7.32. The SMILES string of the molecule is CCOCCCNC(=S)N(CC)C1CCCC1. The Morgan fingerprint density at radius 2 is 2.06 bits per heavy atom. The van der Waals surface area contributed by atoms with Crippen molar-refractivity contribution in [2.24, 2.45) is 0 Å². The summed E-state index contributed by atoms with van der Waals surface area (Å²) >= 11 is 5.46. The molecule has 0 bridgehead atoms. The molecule has 1 fully saturated rings. The maximum Gasteiger partial charge on any atom is 0.169 e. The molecule has 0 aromatic heterocycles. The Hall–Kier alpha value is -0.350. The van der Waals surface area contributed by atoms with Gasteiger partial charge in [0.25, 0.3) is 0 Å². The number of nitrogens with zero attached hydrogens (tertiary/aromatic N) is 1. The third-order valence-electron chi connectivity index (χ3n) is 3.31. The highest BCUT2D eigenvalue weighted by atomic mass is 32.1. The normalized spacial score (nSPS) is 16.1. The molecule has 0 heterocycles. The summed E-state index contributed by atoms with van der Waals surface area (Å²) in [4.78, 5) is 2.35. The molecule has 1 aliphatic rings. The first-order valence-electron chi connectivity index (χ1n) is 6.91. The molecule has 1 aliphatic carbocycles. The zero-order valence-electron chi connectivity index (χ0n) is 11.2. The van der Waals surface area contributed by atoms with Gasteiger partial charge in [-0.25, -0.2) is 0 Å². The number of hydrogen-bond donors (Lipinski definition) is 1. The van der Waals surface area contributed by atoms with Gasteiger partial charge in [-0.2, -0.15) is 0 Å². The Morgan fingerprint density at radius 1 is 1.35 bits per heavy atom. The van der Waals surface area contributed by atoms with Gasteiger partial charge in [0.05, 0.1) is 0 Å². The van der Waals surface area contributed by atoms with Crippen molar-refractivity contribution in [2.45, 2.75) is 52.0 Å². The highest BCUT2D eigenvalue weighted by molar-refractivity contribution is 7.80. The lowest BCUT2D eigenvalue weighted by Crippen LogP contribution is -2.45. The molecule has 0 amide bonds. The lowest BCUT2D eigenvalue weighted by Gasteiger charge is -2.30. The zero-order valence-corrected chi connectivity index (χ0v) is 12.0. The van der Waals surface area contributed by atoms with Crippen LogP contribution in [0.2, 0.25) is 0 Å². The minimum absolute atomic E-state index is 0.673. The molecule has 0 aromatic rings. The fourth-order valence-electron chi connectivity index (χ4n) is 2.40. The molecule has 4 heteroatoms. The summed E-state index contributed by atoms with van der Waals surface area (Å²) in [6.45, 7) is 7.77. The maximum atomic E-state index is 5.46. The molecule has 1 N–H and O–H groups in total. The standard InChI is InChI=1S/C13H26N2OS/c1-3-15(12-8-5-6-9-12)13(17)14-10-7-11-16-4-2/h12H,3-11H2,1-2H3,(H,14,17). The number of ether oxygens (including phenoxy) is 1. The molecule has 1 rings (SSSR count). The van der Waals surface area contributed by atoms with Gasteiger partial charge in [-0.3, -0.25) is 0 Å². The van der Waals surface area contributed by atoms with Crippen LogP contribution in [-0.2, 0) is 4.74 Å². The summed E-state index contributed by atoms with van der Waals surface area (Å²) in [5.41, 5.74) is 0. The fourth-order valence-corrected chi connectivity index (χ4v) is 2.78. The average molecular weight is 258 g/mol. The maximum absolute atomic E-state index is 5.46. The van der Waals surface area contributed by atoms with Gasteiger partial charge >= 0.3 is 0 Å². The van der Waals surface area contributed by atoms with Crippen molar-refractivity contribution in [3.8, 4) is 0 Å². The summed E-state index contributed by atoms with van der Waals surface area (Å²) in [5.74, 6) is 0. The predicted molar refractivity (Wildman–Crippen MR) is 76.3 cm³/mol. The monoisotopic (exact) mass is 258 g/mol. The van der Waals surface area contributed by atoms with E-state index in [0.717, 1.165) is 37.8 Å². The quantitative estimate of drug-likeness (QED) is 0.560. The summed E-state index contributed by atoms with van der Waals surface area (Å²) < 4.78 is 5.31. The molecule has 0 saturated heterocycles.